The Morgan fingerprint density at radius 2 is 1.30 bits per heavy atom. The second kappa shape index (κ2) is 5.63. The molecule has 2 aromatic carbocycles. The van der Waals surface area contributed by atoms with Gasteiger partial charge in [0.2, 0.25) is 0 Å². The summed E-state index contributed by atoms with van der Waals surface area (Å²) in [7, 11) is 0. The molecule has 0 fully saturated rings. The van der Waals surface area contributed by atoms with Crippen molar-refractivity contribution in [3.63, 3.8) is 0 Å². The lowest BCUT2D eigenvalue weighted by atomic mass is 9.65. The van der Waals surface area contributed by atoms with Crippen molar-refractivity contribution in [2.24, 2.45) is 0 Å². The van der Waals surface area contributed by atoms with Crippen molar-refractivity contribution >= 4 is 22.9 Å². The maximum absolute atomic E-state index is 13.1. The van der Waals surface area contributed by atoms with Gasteiger partial charge in [0.05, 0.1) is 24.3 Å². The Bertz CT molecular complexity index is 1150. The Labute approximate surface area is 154 Å². The molecular weight excluding hydrogens is 340 g/mol. The van der Waals surface area contributed by atoms with Crippen LogP contribution in [-0.4, -0.2) is 11.6 Å². The number of carbonyl (C=O) groups is 2. The van der Waals surface area contributed by atoms with E-state index >= 15 is 0 Å². The van der Waals surface area contributed by atoms with Crippen molar-refractivity contribution in [2.45, 2.75) is 18.3 Å². The van der Waals surface area contributed by atoms with Gasteiger partial charge in [0, 0.05) is 23.0 Å². The number of hydrogen-bond donors (Lipinski definition) is 0. The third-order valence-electron chi connectivity index (χ3n) is 5.20. The number of Topliss-reactive ketones (excluding diaryl/α,β-unsaturated/α-hetero) is 2. The Morgan fingerprint density at radius 1 is 0.815 bits per heavy atom. The number of rotatable bonds is 0. The zero-order chi connectivity index (χ0) is 19.3. The molecule has 0 radical (unpaired) electrons. The van der Waals surface area contributed by atoms with E-state index in [2.05, 4.69) is 9.69 Å². The van der Waals surface area contributed by atoms with Crippen LogP contribution in [0.15, 0.2) is 24.3 Å². The predicted molar refractivity (Wildman–Crippen MR) is 93.6 cm³/mol. The molecule has 2 aliphatic carbocycles. The van der Waals surface area contributed by atoms with Crippen LogP contribution in [0.1, 0.15) is 61.2 Å². The van der Waals surface area contributed by atoms with E-state index in [4.69, 9.17) is 13.1 Å². The molecule has 2 unspecified atom stereocenters. The first-order chi connectivity index (χ1) is 13.0. The van der Waals surface area contributed by atoms with Gasteiger partial charge in [0.15, 0.2) is 22.9 Å². The van der Waals surface area contributed by atoms with E-state index in [0.29, 0.717) is 11.1 Å². The van der Waals surface area contributed by atoms with Crippen LogP contribution in [0, 0.1) is 35.8 Å². The van der Waals surface area contributed by atoms with Gasteiger partial charge in [-0.1, -0.05) is 12.1 Å². The van der Waals surface area contributed by atoms with Crippen LogP contribution < -0.4 is 0 Å². The minimum Gasteiger partial charge on any atom is -0.294 e. The fraction of sp³-hybridized carbons (Fsp3) is 0.143. The van der Waals surface area contributed by atoms with Gasteiger partial charge in [0.25, 0.3) is 0 Å². The van der Waals surface area contributed by atoms with Crippen molar-refractivity contribution in [3.8, 4) is 12.1 Å². The summed E-state index contributed by atoms with van der Waals surface area (Å²) < 4.78 is 0. The van der Waals surface area contributed by atoms with E-state index in [-0.39, 0.29) is 51.6 Å². The summed E-state index contributed by atoms with van der Waals surface area (Å²) >= 11 is 0. The van der Waals surface area contributed by atoms with Gasteiger partial charge in [0.1, 0.15) is 12.1 Å². The molecule has 2 atom stereocenters. The molecule has 2 bridgehead atoms. The monoisotopic (exact) mass is 348 g/mol. The van der Waals surface area contributed by atoms with Crippen LogP contribution in [0.4, 0.5) is 11.4 Å². The number of nitriles is 2. The molecule has 0 saturated heterocycles. The lowest BCUT2D eigenvalue weighted by Crippen LogP contribution is -2.34. The zero-order valence-corrected chi connectivity index (χ0v) is 13.8. The molecule has 4 rings (SSSR count). The van der Waals surface area contributed by atoms with Crippen LogP contribution in [-0.2, 0) is 0 Å². The number of ketones is 2. The minimum absolute atomic E-state index is 0.0855. The molecule has 0 saturated carbocycles. The summed E-state index contributed by atoms with van der Waals surface area (Å²) in [5, 5.41) is 18.5. The standard InChI is InChI=1S/C21H8N4O2/c1-24-18-6-13-16-5-15(21(27)17(13)7-19(18)25-2)12-3-10(8-22)11(9-23)4-14(12)20(16)26/h3-4,6-7,15-16H,5H2. The van der Waals surface area contributed by atoms with Crippen LogP contribution in [0.5, 0.6) is 0 Å². The quantitative estimate of drug-likeness (QED) is 0.668. The molecule has 27 heavy (non-hydrogen) atoms. The second-order valence-corrected chi connectivity index (χ2v) is 6.43. The molecule has 0 amide bonds. The predicted octanol–water partition coefficient (Wildman–Crippen LogP) is 4.18. The molecule has 2 aliphatic rings. The number of carbonyl (C=O) groups excluding carboxylic acids is 2. The molecule has 6 nitrogen and oxygen atoms in total. The van der Waals surface area contributed by atoms with Crippen LogP contribution in [0.25, 0.3) is 9.69 Å². The lowest BCUT2D eigenvalue weighted by Gasteiger charge is -2.36. The first kappa shape index (κ1) is 16.2. The van der Waals surface area contributed by atoms with E-state index in [1.165, 1.54) is 24.3 Å². The molecule has 0 aromatic heterocycles. The average Bonchev–Trinajstić information content (AvgIpc) is 2.71. The lowest BCUT2D eigenvalue weighted by molar-refractivity contribution is 0.0875. The van der Waals surface area contributed by atoms with Crippen molar-refractivity contribution < 1.29 is 9.59 Å². The zero-order valence-electron chi connectivity index (χ0n) is 13.8. The van der Waals surface area contributed by atoms with Crippen molar-refractivity contribution in [1.82, 2.24) is 0 Å². The fourth-order valence-electron chi connectivity index (χ4n) is 3.94. The van der Waals surface area contributed by atoms with Gasteiger partial charge >= 0.3 is 0 Å². The average molecular weight is 348 g/mol. The normalized spacial score (nSPS) is 19.0. The number of hydrogen-bond acceptors (Lipinski definition) is 4. The highest BCUT2D eigenvalue weighted by molar-refractivity contribution is 6.14. The highest BCUT2D eigenvalue weighted by atomic mass is 16.1. The maximum Gasteiger partial charge on any atom is 0.195 e. The Morgan fingerprint density at radius 3 is 1.85 bits per heavy atom. The van der Waals surface area contributed by atoms with Crippen LogP contribution in [0.2, 0.25) is 0 Å². The van der Waals surface area contributed by atoms with E-state index < -0.39 is 11.8 Å². The van der Waals surface area contributed by atoms with Crippen molar-refractivity contribution in [1.29, 1.82) is 10.5 Å². The molecule has 6 heteroatoms. The van der Waals surface area contributed by atoms with E-state index in [1.54, 1.807) is 0 Å². The summed E-state index contributed by atoms with van der Waals surface area (Å²) in [6, 6.07) is 9.55. The first-order valence-corrected chi connectivity index (χ1v) is 8.03. The smallest absolute Gasteiger partial charge is 0.195 e. The van der Waals surface area contributed by atoms with Gasteiger partial charge in [-0.25, -0.2) is 0 Å². The van der Waals surface area contributed by atoms with Crippen molar-refractivity contribution in [3.05, 3.63) is 80.5 Å². The molecule has 2 aromatic rings. The number of fused-ring (bicyclic) bond motifs is 6. The highest BCUT2D eigenvalue weighted by Crippen LogP contribution is 2.49. The second-order valence-electron chi connectivity index (χ2n) is 6.43. The molecular formula is C21H8N4O2. The Kier molecular flexibility index (Phi) is 3.39. The maximum atomic E-state index is 13.1. The summed E-state index contributed by atoms with van der Waals surface area (Å²) in [5.74, 6) is -1.67. The summed E-state index contributed by atoms with van der Waals surface area (Å²) in [6.45, 7) is 14.5. The number of nitrogens with zero attached hydrogens (tertiary/aromatic N) is 4. The Balaban J connectivity index is 2.00. The van der Waals surface area contributed by atoms with Crippen LogP contribution >= 0.6 is 0 Å². The van der Waals surface area contributed by atoms with E-state index in [9.17, 15) is 20.1 Å². The summed E-state index contributed by atoms with van der Waals surface area (Å²) in [4.78, 5) is 32.8. The van der Waals surface area contributed by atoms with Crippen LogP contribution in [0.3, 0.4) is 0 Å². The van der Waals surface area contributed by atoms with E-state index in [1.807, 2.05) is 12.1 Å². The third kappa shape index (κ3) is 2.09. The summed E-state index contributed by atoms with van der Waals surface area (Å²) in [5.41, 5.74) is 1.93. The van der Waals surface area contributed by atoms with Crippen molar-refractivity contribution in [2.75, 3.05) is 0 Å². The first-order valence-electron chi connectivity index (χ1n) is 8.03. The topological polar surface area (TPSA) is 90.4 Å². The third-order valence-corrected chi connectivity index (χ3v) is 5.20. The fourth-order valence-corrected chi connectivity index (χ4v) is 3.94. The van der Waals surface area contributed by atoms with Gasteiger partial charge in [-0.3, -0.25) is 19.3 Å². The highest BCUT2D eigenvalue weighted by Gasteiger charge is 2.44. The molecule has 0 heterocycles. The molecule has 124 valence electrons. The Hall–Kier alpha value is -4.26. The summed E-state index contributed by atoms with van der Waals surface area (Å²) in [6.07, 6.45) is 0.267. The van der Waals surface area contributed by atoms with Gasteiger partial charge in [-0.05, 0) is 29.7 Å². The molecule has 0 aliphatic heterocycles. The van der Waals surface area contributed by atoms with Gasteiger partial charge in [-0.15, -0.1) is 0 Å². The molecule has 0 N–H and O–H groups in total. The van der Waals surface area contributed by atoms with Gasteiger partial charge < -0.3 is 0 Å². The number of benzene rings is 2. The van der Waals surface area contributed by atoms with Gasteiger partial charge in [-0.2, -0.15) is 10.5 Å². The minimum atomic E-state index is -0.604. The largest absolute Gasteiger partial charge is 0.294 e. The SMILES string of the molecule is [C-]#[N+]c1cc2c(cc1[N+]#[C-])C1CC(C2=O)c2cc(C#N)c(C#N)cc2C1=O. The molecule has 0 spiro atoms. The van der Waals surface area contributed by atoms with E-state index in [0.717, 1.165) is 0 Å².